The molecule has 1 aliphatic rings. The first-order valence-electron chi connectivity index (χ1n) is 8.54. The number of benzene rings is 2. The molecule has 1 fully saturated rings. The number of anilines is 1. The number of nitrogens with zero attached hydrogens (tertiary/aromatic N) is 2. The molecule has 4 rings (SSSR count). The molecule has 0 atom stereocenters. The second-order valence-electron chi connectivity index (χ2n) is 6.33. The number of methoxy groups -OCH3 is 1. The molecule has 0 unspecified atom stereocenters. The lowest BCUT2D eigenvalue weighted by Gasteiger charge is -2.17. The first-order valence-corrected chi connectivity index (χ1v) is 8.54. The largest absolute Gasteiger partial charge is 0.502 e. The zero-order chi connectivity index (χ0) is 18.1. The second-order valence-corrected chi connectivity index (χ2v) is 6.33. The topological polar surface area (TPSA) is 58.7 Å². The Morgan fingerprint density at radius 3 is 2.50 bits per heavy atom. The summed E-state index contributed by atoms with van der Waals surface area (Å²) >= 11 is 0. The van der Waals surface area contributed by atoms with Crippen molar-refractivity contribution in [3.63, 3.8) is 0 Å². The van der Waals surface area contributed by atoms with Gasteiger partial charge >= 0.3 is 0 Å². The molecule has 1 N–H and O–H groups in total. The SMILES string of the molecule is COc1cc(-c2cc(-c3ccc(N4CCCC4)cc3)no2)cc(F)c1O. The molecular formula is C20H19FN2O3. The number of aromatic nitrogens is 1. The van der Waals surface area contributed by atoms with Crippen LogP contribution >= 0.6 is 0 Å². The minimum Gasteiger partial charge on any atom is -0.502 e. The standard InChI is InChI=1S/C20H19FN2O3/c1-25-19-11-14(10-16(21)20(19)24)18-12-17(22-26-18)13-4-6-15(7-5-13)23-8-2-3-9-23/h4-7,10-12,24H,2-3,8-9H2,1H3. The molecule has 0 amide bonds. The van der Waals surface area contributed by atoms with Gasteiger partial charge in [-0.15, -0.1) is 0 Å². The van der Waals surface area contributed by atoms with Crippen molar-refractivity contribution in [2.75, 3.05) is 25.1 Å². The highest BCUT2D eigenvalue weighted by Crippen LogP contribution is 2.35. The van der Waals surface area contributed by atoms with Crippen LogP contribution in [-0.4, -0.2) is 30.5 Å². The van der Waals surface area contributed by atoms with Crippen molar-refractivity contribution in [1.82, 2.24) is 5.16 Å². The Kier molecular flexibility index (Phi) is 4.24. The van der Waals surface area contributed by atoms with Crippen LogP contribution in [0.2, 0.25) is 0 Å². The van der Waals surface area contributed by atoms with E-state index in [1.54, 1.807) is 6.07 Å². The minimum atomic E-state index is -0.771. The van der Waals surface area contributed by atoms with Crippen LogP contribution in [-0.2, 0) is 0 Å². The van der Waals surface area contributed by atoms with Gasteiger partial charge in [-0.2, -0.15) is 0 Å². The van der Waals surface area contributed by atoms with Crippen molar-refractivity contribution in [3.8, 4) is 34.1 Å². The van der Waals surface area contributed by atoms with Crippen molar-refractivity contribution in [2.45, 2.75) is 12.8 Å². The van der Waals surface area contributed by atoms with Gasteiger partial charge in [-0.3, -0.25) is 0 Å². The number of aromatic hydroxyl groups is 1. The van der Waals surface area contributed by atoms with E-state index in [2.05, 4.69) is 22.2 Å². The molecule has 3 aromatic rings. The fraction of sp³-hybridized carbons (Fsp3) is 0.250. The molecular weight excluding hydrogens is 335 g/mol. The lowest BCUT2D eigenvalue weighted by molar-refractivity contribution is 0.357. The molecule has 0 aliphatic carbocycles. The Morgan fingerprint density at radius 1 is 1.08 bits per heavy atom. The van der Waals surface area contributed by atoms with E-state index in [1.807, 2.05) is 12.1 Å². The van der Waals surface area contributed by atoms with Gasteiger partial charge in [-0.1, -0.05) is 17.3 Å². The Hall–Kier alpha value is -3.02. The van der Waals surface area contributed by atoms with Crippen LogP contribution < -0.4 is 9.64 Å². The third-order valence-corrected chi connectivity index (χ3v) is 4.68. The van der Waals surface area contributed by atoms with Gasteiger partial charge in [0, 0.05) is 36.0 Å². The summed E-state index contributed by atoms with van der Waals surface area (Å²) in [6, 6.07) is 12.6. The fourth-order valence-electron chi connectivity index (χ4n) is 3.24. The highest BCUT2D eigenvalue weighted by Gasteiger charge is 2.16. The molecule has 0 spiro atoms. The molecule has 2 aromatic carbocycles. The smallest absolute Gasteiger partial charge is 0.194 e. The number of phenolic OH excluding ortho intramolecular Hbond substituents is 1. The molecule has 1 aliphatic heterocycles. The minimum absolute atomic E-state index is 0.0490. The summed E-state index contributed by atoms with van der Waals surface area (Å²) in [5.74, 6) is -0.838. The maximum absolute atomic E-state index is 13.8. The second kappa shape index (κ2) is 6.71. The number of hydrogen-bond acceptors (Lipinski definition) is 5. The lowest BCUT2D eigenvalue weighted by atomic mass is 10.1. The monoisotopic (exact) mass is 354 g/mol. The zero-order valence-electron chi connectivity index (χ0n) is 14.4. The van der Waals surface area contributed by atoms with Gasteiger partial charge in [0.1, 0.15) is 5.69 Å². The highest BCUT2D eigenvalue weighted by molar-refractivity contribution is 5.70. The van der Waals surface area contributed by atoms with E-state index >= 15 is 0 Å². The summed E-state index contributed by atoms with van der Waals surface area (Å²) in [5.41, 5.74) is 3.25. The molecule has 134 valence electrons. The summed E-state index contributed by atoms with van der Waals surface area (Å²) in [6.45, 7) is 2.20. The van der Waals surface area contributed by atoms with Crippen molar-refractivity contribution in [3.05, 3.63) is 48.3 Å². The van der Waals surface area contributed by atoms with Gasteiger partial charge in [0.05, 0.1) is 7.11 Å². The lowest BCUT2D eigenvalue weighted by Crippen LogP contribution is -2.17. The van der Waals surface area contributed by atoms with Crippen LogP contribution in [0.1, 0.15) is 12.8 Å². The van der Waals surface area contributed by atoms with E-state index < -0.39 is 11.6 Å². The summed E-state index contributed by atoms with van der Waals surface area (Å²) in [6.07, 6.45) is 2.47. The number of rotatable bonds is 4. The average Bonchev–Trinajstić information content (AvgIpc) is 3.36. The summed E-state index contributed by atoms with van der Waals surface area (Å²) < 4.78 is 24.2. The van der Waals surface area contributed by atoms with Crippen LogP contribution in [0.25, 0.3) is 22.6 Å². The first-order chi connectivity index (χ1) is 12.7. The predicted octanol–water partition coefficient (Wildman–Crippen LogP) is 4.46. The van der Waals surface area contributed by atoms with Gasteiger partial charge in [0.25, 0.3) is 0 Å². The summed E-state index contributed by atoms with van der Waals surface area (Å²) in [5, 5.41) is 13.7. The van der Waals surface area contributed by atoms with Gasteiger partial charge in [-0.25, -0.2) is 4.39 Å². The molecule has 1 aromatic heterocycles. The quantitative estimate of drug-likeness (QED) is 0.749. The molecule has 0 saturated carbocycles. The maximum Gasteiger partial charge on any atom is 0.194 e. The molecule has 5 nitrogen and oxygen atoms in total. The molecule has 0 radical (unpaired) electrons. The third kappa shape index (κ3) is 2.98. The number of halogens is 1. The predicted molar refractivity (Wildman–Crippen MR) is 97.0 cm³/mol. The van der Waals surface area contributed by atoms with Crippen molar-refractivity contribution >= 4 is 5.69 Å². The number of ether oxygens (including phenoxy) is 1. The summed E-state index contributed by atoms with van der Waals surface area (Å²) in [7, 11) is 1.37. The third-order valence-electron chi connectivity index (χ3n) is 4.68. The molecule has 2 heterocycles. The maximum atomic E-state index is 13.8. The van der Waals surface area contributed by atoms with E-state index in [0.717, 1.165) is 18.7 Å². The van der Waals surface area contributed by atoms with Crippen LogP contribution in [0.5, 0.6) is 11.5 Å². The molecule has 6 heteroatoms. The van der Waals surface area contributed by atoms with E-state index in [1.165, 1.54) is 37.8 Å². The fourth-order valence-corrected chi connectivity index (χ4v) is 3.24. The van der Waals surface area contributed by atoms with E-state index in [9.17, 15) is 9.50 Å². The molecule has 1 saturated heterocycles. The molecule has 0 bridgehead atoms. The highest BCUT2D eigenvalue weighted by atomic mass is 19.1. The van der Waals surface area contributed by atoms with Gasteiger partial charge in [-0.05, 0) is 37.1 Å². The summed E-state index contributed by atoms with van der Waals surface area (Å²) in [4.78, 5) is 2.36. The average molecular weight is 354 g/mol. The Bertz CT molecular complexity index is 915. The van der Waals surface area contributed by atoms with Gasteiger partial charge in [0.2, 0.25) is 0 Å². The Balaban J connectivity index is 1.61. The van der Waals surface area contributed by atoms with Crippen molar-refractivity contribution in [1.29, 1.82) is 0 Å². The van der Waals surface area contributed by atoms with Crippen LogP contribution in [0, 0.1) is 5.82 Å². The van der Waals surface area contributed by atoms with E-state index in [0.29, 0.717) is 17.0 Å². The number of hydrogen-bond donors (Lipinski definition) is 1. The number of phenols is 1. The van der Waals surface area contributed by atoms with Gasteiger partial charge in [0.15, 0.2) is 23.1 Å². The normalized spacial score (nSPS) is 14.0. The van der Waals surface area contributed by atoms with Crippen LogP contribution in [0.3, 0.4) is 0 Å². The van der Waals surface area contributed by atoms with Crippen molar-refractivity contribution in [2.24, 2.45) is 0 Å². The Labute approximate surface area is 150 Å². The Morgan fingerprint density at radius 2 is 1.81 bits per heavy atom. The van der Waals surface area contributed by atoms with Crippen LogP contribution in [0.4, 0.5) is 10.1 Å². The van der Waals surface area contributed by atoms with Crippen LogP contribution in [0.15, 0.2) is 47.0 Å². The van der Waals surface area contributed by atoms with E-state index in [4.69, 9.17) is 9.26 Å². The van der Waals surface area contributed by atoms with E-state index in [-0.39, 0.29) is 5.75 Å². The van der Waals surface area contributed by atoms with Gasteiger partial charge < -0.3 is 19.3 Å². The first kappa shape index (κ1) is 16.4. The molecule has 26 heavy (non-hydrogen) atoms. The van der Waals surface area contributed by atoms with Crippen molar-refractivity contribution < 1.29 is 18.8 Å². The zero-order valence-corrected chi connectivity index (χ0v) is 14.4.